The first-order chi connectivity index (χ1) is 6.20. The number of alkyl halides is 1. The Morgan fingerprint density at radius 1 is 1.23 bits per heavy atom. The van der Waals surface area contributed by atoms with E-state index in [4.69, 9.17) is 23.2 Å². The average Bonchev–Trinajstić information content (AvgIpc) is 2.12. The highest BCUT2D eigenvalue weighted by atomic mass is 79.9. The quantitative estimate of drug-likeness (QED) is 0.601. The van der Waals surface area contributed by atoms with Gasteiger partial charge < -0.3 is 0 Å². The summed E-state index contributed by atoms with van der Waals surface area (Å²) in [6.07, 6.45) is 3.38. The molecule has 13 heavy (non-hydrogen) atoms. The fourth-order valence-corrected chi connectivity index (χ4v) is 3.35. The van der Waals surface area contributed by atoms with Crippen LogP contribution in [0.25, 0.3) is 0 Å². The summed E-state index contributed by atoms with van der Waals surface area (Å²) in [6, 6.07) is 3.76. The Bertz CT molecular complexity index is 336. The standard InChI is InChI=1S/C10H9BrCl2/c11-7-3-1-2-6-8(12)4-5-9(13)10(6)7/h4-5,7H,1-3H2. The first-order valence-corrected chi connectivity index (χ1v) is 5.98. The Kier molecular flexibility index (Phi) is 2.87. The van der Waals surface area contributed by atoms with Crippen molar-refractivity contribution in [1.82, 2.24) is 0 Å². The number of hydrogen-bond acceptors (Lipinski definition) is 0. The van der Waals surface area contributed by atoms with Crippen LogP contribution >= 0.6 is 39.1 Å². The van der Waals surface area contributed by atoms with Crippen molar-refractivity contribution in [1.29, 1.82) is 0 Å². The Labute approximate surface area is 96.4 Å². The molecule has 1 unspecified atom stereocenters. The second-order valence-electron chi connectivity index (χ2n) is 3.28. The Hall–Kier alpha value is 0.280. The molecular weight excluding hydrogens is 271 g/mol. The molecule has 0 radical (unpaired) electrons. The molecule has 0 spiro atoms. The molecule has 0 aliphatic heterocycles. The van der Waals surface area contributed by atoms with E-state index in [0.717, 1.165) is 22.9 Å². The highest BCUT2D eigenvalue weighted by molar-refractivity contribution is 9.09. The highest BCUT2D eigenvalue weighted by Crippen LogP contribution is 2.42. The van der Waals surface area contributed by atoms with E-state index in [9.17, 15) is 0 Å². The van der Waals surface area contributed by atoms with Gasteiger partial charge in [0.15, 0.2) is 0 Å². The van der Waals surface area contributed by atoms with Crippen LogP contribution in [0.4, 0.5) is 0 Å². The van der Waals surface area contributed by atoms with Crippen LogP contribution in [-0.4, -0.2) is 0 Å². The zero-order valence-electron chi connectivity index (χ0n) is 6.99. The Morgan fingerprint density at radius 2 is 1.92 bits per heavy atom. The van der Waals surface area contributed by atoms with Crippen LogP contribution in [0.15, 0.2) is 12.1 Å². The summed E-state index contributed by atoms with van der Waals surface area (Å²) in [5.41, 5.74) is 2.42. The Morgan fingerprint density at radius 3 is 2.62 bits per heavy atom. The van der Waals surface area contributed by atoms with Crippen molar-refractivity contribution >= 4 is 39.1 Å². The summed E-state index contributed by atoms with van der Waals surface area (Å²) in [4.78, 5) is 0.377. The third kappa shape index (κ3) is 1.74. The lowest BCUT2D eigenvalue weighted by Gasteiger charge is -2.23. The van der Waals surface area contributed by atoms with Crippen molar-refractivity contribution in [2.75, 3.05) is 0 Å². The number of halogens is 3. The number of benzene rings is 1. The van der Waals surface area contributed by atoms with Gasteiger partial charge in [-0.2, -0.15) is 0 Å². The van der Waals surface area contributed by atoms with Crippen LogP contribution in [0.2, 0.25) is 10.0 Å². The van der Waals surface area contributed by atoms with E-state index in [-0.39, 0.29) is 0 Å². The average molecular weight is 280 g/mol. The number of rotatable bonds is 0. The summed E-state index contributed by atoms with van der Waals surface area (Å²) in [5, 5.41) is 1.68. The zero-order chi connectivity index (χ0) is 9.42. The summed E-state index contributed by atoms with van der Waals surface area (Å²) < 4.78 is 0. The van der Waals surface area contributed by atoms with E-state index in [1.165, 1.54) is 17.5 Å². The van der Waals surface area contributed by atoms with E-state index < -0.39 is 0 Å². The molecule has 0 saturated carbocycles. The van der Waals surface area contributed by atoms with E-state index in [0.29, 0.717) is 4.83 Å². The second-order valence-corrected chi connectivity index (χ2v) is 5.20. The Balaban J connectivity index is 2.60. The van der Waals surface area contributed by atoms with Crippen molar-refractivity contribution in [3.05, 3.63) is 33.3 Å². The molecule has 0 bridgehead atoms. The monoisotopic (exact) mass is 278 g/mol. The predicted molar refractivity (Wildman–Crippen MR) is 61.1 cm³/mol. The maximum absolute atomic E-state index is 6.12. The lowest BCUT2D eigenvalue weighted by Crippen LogP contribution is -2.06. The fraction of sp³-hybridized carbons (Fsp3) is 0.400. The molecule has 0 amide bonds. The number of hydrogen-bond donors (Lipinski definition) is 0. The van der Waals surface area contributed by atoms with Gasteiger partial charge in [-0.05, 0) is 42.5 Å². The first-order valence-electron chi connectivity index (χ1n) is 4.31. The van der Waals surface area contributed by atoms with Gasteiger partial charge in [0.25, 0.3) is 0 Å². The van der Waals surface area contributed by atoms with Crippen LogP contribution in [0.3, 0.4) is 0 Å². The fourth-order valence-electron chi connectivity index (χ4n) is 1.80. The van der Waals surface area contributed by atoms with Crippen molar-refractivity contribution < 1.29 is 0 Å². The van der Waals surface area contributed by atoms with Crippen molar-refractivity contribution in [2.45, 2.75) is 24.1 Å². The molecule has 0 fully saturated rings. The molecule has 0 nitrogen and oxygen atoms in total. The highest BCUT2D eigenvalue weighted by Gasteiger charge is 2.22. The van der Waals surface area contributed by atoms with Crippen molar-refractivity contribution in [3.8, 4) is 0 Å². The number of fused-ring (bicyclic) bond motifs is 1. The van der Waals surface area contributed by atoms with Gasteiger partial charge >= 0.3 is 0 Å². The molecule has 1 aromatic rings. The largest absolute Gasteiger partial charge is 0.0840 e. The van der Waals surface area contributed by atoms with E-state index in [1.54, 1.807) is 0 Å². The maximum atomic E-state index is 6.12. The van der Waals surface area contributed by atoms with Crippen LogP contribution in [0.1, 0.15) is 28.8 Å². The second kappa shape index (κ2) is 3.80. The summed E-state index contributed by atoms with van der Waals surface area (Å²) in [6.45, 7) is 0. The minimum absolute atomic E-state index is 0.377. The zero-order valence-corrected chi connectivity index (χ0v) is 10.1. The van der Waals surface area contributed by atoms with Gasteiger partial charge in [0, 0.05) is 14.9 Å². The van der Waals surface area contributed by atoms with Gasteiger partial charge in [0.1, 0.15) is 0 Å². The molecule has 0 aromatic heterocycles. The van der Waals surface area contributed by atoms with Crippen LogP contribution in [0, 0.1) is 0 Å². The molecule has 1 aromatic carbocycles. The predicted octanol–water partition coefficient (Wildman–Crippen LogP) is 4.77. The molecule has 0 N–H and O–H groups in total. The molecule has 1 atom stereocenters. The smallest absolute Gasteiger partial charge is 0.0453 e. The first kappa shape index (κ1) is 9.82. The third-order valence-electron chi connectivity index (χ3n) is 2.44. The van der Waals surface area contributed by atoms with Crippen LogP contribution in [-0.2, 0) is 6.42 Å². The lowest BCUT2D eigenvalue weighted by atomic mass is 9.91. The molecule has 70 valence electrons. The molecule has 1 aliphatic carbocycles. The van der Waals surface area contributed by atoms with Gasteiger partial charge in [-0.15, -0.1) is 0 Å². The van der Waals surface area contributed by atoms with Crippen LogP contribution < -0.4 is 0 Å². The van der Waals surface area contributed by atoms with Gasteiger partial charge in [-0.3, -0.25) is 0 Å². The van der Waals surface area contributed by atoms with Gasteiger partial charge in [0.2, 0.25) is 0 Å². The van der Waals surface area contributed by atoms with Gasteiger partial charge in [-0.25, -0.2) is 0 Å². The van der Waals surface area contributed by atoms with Crippen molar-refractivity contribution in [3.63, 3.8) is 0 Å². The third-order valence-corrected chi connectivity index (χ3v) is 4.04. The maximum Gasteiger partial charge on any atom is 0.0453 e. The summed E-state index contributed by atoms with van der Waals surface area (Å²) in [7, 11) is 0. The normalized spacial score (nSPS) is 21.3. The summed E-state index contributed by atoms with van der Waals surface area (Å²) >= 11 is 15.8. The molecule has 0 saturated heterocycles. The lowest BCUT2D eigenvalue weighted by molar-refractivity contribution is 0.681. The van der Waals surface area contributed by atoms with Crippen LogP contribution in [0.5, 0.6) is 0 Å². The van der Waals surface area contributed by atoms with E-state index >= 15 is 0 Å². The topological polar surface area (TPSA) is 0 Å². The van der Waals surface area contributed by atoms with Crippen molar-refractivity contribution in [2.24, 2.45) is 0 Å². The van der Waals surface area contributed by atoms with Gasteiger partial charge in [-0.1, -0.05) is 39.1 Å². The van der Waals surface area contributed by atoms with E-state index in [1.807, 2.05) is 12.1 Å². The minimum atomic E-state index is 0.377. The molecule has 1 aliphatic rings. The van der Waals surface area contributed by atoms with E-state index in [2.05, 4.69) is 15.9 Å². The SMILES string of the molecule is Clc1ccc(Cl)c2c1CCCC2Br. The van der Waals surface area contributed by atoms with Gasteiger partial charge in [0.05, 0.1) is 0 Å². The molecule has 3 heteroatoms. The molecule has 2 rings (SSSR count). The molecular formula is C10H9BrCl2. The molecule has 0 heterocycles. The minimum Gasteiger partial charge on any atom is -0.0840 e. The summed E-state index contributed by atoms with van der Waals surface area (Å²) in [5.74, 6) is 0.